The SMILES string of the molecule is CCC(CC)CCCC(=O)c1ccc(N)cc1.O=C(O)c1ccccc1O. The molecule has 0 radical (unpaired) electrons. The van der Waals surface area contributed by atoms with Crippen LogP contribution in [0.25, 0.3) is 0 Å². The fourth-order valence-electron chi connectivity index (χ4n) is 2.72. The van der Waals surface area contributed by atoms with Crippen LogP contribution in [-0.4, -0.2) is 22.0 Å². The Bertz CT molecular complexity index is 721. The largest absolute Gasteiger partial charge is 0.507 e. The van der Waals surface area contributed by atoms with E-state index in [1.54, 1.807) is 24.3 Å². The highest BCUT2D eigenvalue weighted by atomic mass is 16.4. The summed E-state index contributed by atoms with van der Waals surface area (Å²) >= 11 is 0. The lowest BCUT2D eigenvalue weighted by Gasteiger charge is -2.11. The van der Waals surface area contributed by atoms with E-state index in [4.69, 9.17) is 15.9 Å². The molecular formula is C22H29NO4. The maximum absolute atomic E-state index is 11.9. The van der Waals surface area contributed by atoms with Gasteiger partial charge in [0.25, 0.3) is 0 Å². The fourth-order valence-corrected chi connectivity index (χ4v) is 2.72. The normalized spacial score (nSPS) is 10.2. The number of nitrogens with two attached hydrogens (primary N) is 1. The number of hydrogen-bond acceptors (Lipinski definition) is 4. The number of aromatic carboxylic acids is 1. The van der Waals surface area contributed by atoms with E-state index in [0.717, 1.165) is 24.3 Å². The summed E-state index contributed by atoms with van der Waals surface area (Å²) in [7, 11) is 0. The van der Waals surface area contributed by atoms with Crippen LogP contribution in [-0.2, 0) is 0 Å². The molecule has 0 bridgehead atoms. The zero-order valence-corrected chi connectivity index (χ0v) is 16.0. The fraction of sp³-hybridized carbons (Fsp3) is 0.364. The Morgan fingerprint density at radius 3 is 2.07 bits per heavy atom. The second kappa shape index (κ2) is 11.7. The first-order valence-electron chi connectivity index (χ1n) is 9.29. The number of carboxylic acids is 1. The van der Waals surface area contributed by atoms with E-state index in [9.17, 15) is 9.59 Å². The van der Waals surface area contributed by atoms with E-state index in [1.165, 1.54) is 25.0 Å². The van der Waals surface area contributed by atoms with Gasteiger partial charge in [-0.25, -0.2) is 4.79 Å². The molecule has 0 saturated carbocycles. The van der Waals surface area contributed by atoms with Crippen molar-refractivity contribution >= 4 is 17.4 Å². The zero-order chi connectivity index (χ0) is 20.2. The van der Waals surface area contributed by atoms with Gasteiger partial charge in [0.2, 0.25) is 0 Å². The van der Waals surface area contributed by atoms with Crippen molar-refractivity contribution in [3.05, 3.63) is 59.7 Å². The predicted molar refractivity (Wildman–Crippen MR) is 108 cm³/mol. The Balaban J connectivity index is 0.000000309. The standard InChI is InChI=1S/C15H23NO.C7H6O3/c1-3-12(4-2)6-5-7-15(17)13-8-10-14(16)11-9-13;8-6-4-2-1-3-5(6)7(9)10/h8-12H,3-7,16H2,1-2H3;1-4,8H,(H,9,10). The number of anilines is 1. The summed E-state index contributed by atoms with van der Waals surface area (Å²) in [4.78, 5) is 22.1. The number of phenols is 1. The molecule has 2 rings (SSSR count). The zero-order valence-electron chi connectivity index (χ0n) is 16.0. The van der Waals surface area contributed by atoms with Gasteiger partial charge in [0.15, 0.2) is 5.78 Å². The van der Waals surface area contributed by atoms with Crippen molar-refractivity contribution < 1.29 is 19.8 Å². The highest BCUT2D eigenvalue weighted by molar-refractivity contribution is 5.96. The maximum atomic E-state index is 11.9. The molecule has 0 spiro atoms. The van der Waals surface area contributed by atoms with Crippen LogP contribution in [0.2, 0.25) is 0 Å². The molecule has 0 aromatic heterocycles. The monoisotopic (exact) mass is 371 g/mol. The van der Waals surface area contributed by atoms with Gasteiger partial charge in [0.1, 0.15) is 11.3 Å². The third-order valence-electron chi connectivity index (χ3n) is 4.54. The topological polar surface area (TPSA) is 101 Å². The van der Waals surface area contributed by atoms with Gasteiger partial charge in [-0.2, -0.15) is 0 Å². The molecule has 0 aliphatic heterocycles. The summed E-state index contributed by atoms with van der Waals surface area (Å²) in [6.45, 7) is 4.44. The molecule has 27 heavy (non-hydrogen) atoms. The van der Waals surface area contributed by atoms with Crippen LogP contribution in [0.15, 0.2) is 48.5 Å². The van der Waals surface area contributed by atoms with Crippen molar-refractivity contribution in [1.29, 1.82) is 0 Å². The van der Waals surface area contributed by atoms with Gasteiger partial charge in [-0.15, -0.1) is 0 Å². The molecule has 0 heterocycles. The summed E-state index contributed by atoms with van der Waals surface area (Å²) < 4.78 is 0. The number of ketones is 1. The van der Waals surface area contributed by atoms with Crippen LogP contribution in [0.5, 0.6) is 5.75 Å². The van der Waals surface area contributed by atoms with Crippen LogP contribution >= 0.6 is 0 Å². The third kappa shape index (κ3) is 7.94. The van der Waals surface area contributed by atoms with Gasteiger partial charge in [0.05, 0.1) is 0 Å². The van der Waals surface area contributed by atoms with Crippen LogP contribution in [0.4, 0.5) is 5.69 Å². The van der Waals surface area contributed by atoms with E-state index in [2.05, 4.69) is 13.8 Å². The molecule has 5 nitrogen and oxygen atoms in total. The number of carbonyl (C=O) groups is 2. The van der Waals surface area contributed by atoms with Gasteiger partial charge in [0, 0.05) is 17.7 Å². The van der Waals surface area contributed by atoms with Gasteiger partial charge in [-0.3, -0.25) is 4.79 Å². The first-order chi connectivity index (χ1) is 12.9. The van der Waals surface area contributed by atoms with Crippen molar-refractivity contribution in [2.45, 2.75) is 46.0 Å². The molecule has 0 unspecified atom stereocenters. The third-order valence-corrected chi connectivity index (χ3v) is 4.54. The summed E-state index contributed by atoms with van der Waals surface area (Å²) in [5.74, 6) is -0.307. The number of hydrogen-bond donors (Lipinski definition) is 3. The van der Waals surface area contributed by atoms with Crippen LogP contribution in [0.3, 0.4) is 0 Å². The lowest BCUT2D eigenvalue weighted by Crippen LogP contribution is -2.02. The van der Waals surface area contributed by atoms with Gasteiger partial charge < -0.3 is 15.9 Å². The molecule has 146 valence electrons. The molecular weight excluding hydrogens is 342 g/mol. The summed E-state index contributed by atoms with van der Waals surface area (Å²) in [6.07, 6.45) is 5.24. The number of carboxylic acid groups (broad SMARTS) is 1. The highest BCUT2D eigenvalue weighted by Gasteiger charge is 2.08. The van der Waals surface area contributed by atoms with Crippen molar-refractivity contribution in [2.75, 3.05) is 5.73 Å². The summed E-state index contributed by atoms with van der Waals surface area (Å²) in [5.41, 5.74) is 7.01. The second-order valence-electron chi connectivity index (χ2n) is 6.44. The predicted octanol–water partition coefficient (Wildman–Crippen LogP) is 5.15. The Labute approximate surface area is 160 Å². The lowest BCUT2D eigenvalue weighted by atomic mass is 9.95. The Hall–Kier alpha value is -2.82. The minimum atomic E-state index is -1.11. The molecule has 0 atom stereocenters. The van der Waals surface area contributed by atoms with Gasteiger partial charge in [-0.05, 0) is 48.7 Å². The van der Waals surface area contributed by atoms with Gasteiger partial charge >= 0.3 is 5.97 Å². The molecule has 0 aliphatic carbocycles. The van der Waals surface area contributed by atoms with Crippen molar-refractivity contribution in [3.63, 3.8) is 0 Å². The Morgan fingerprint density at radius 2 is 1.59 bits per heavy atom. The van der Waals surface area contributed by atoms with E-state index in [0.29, 0.717) is 12.1 Å². The van der Waals surface area contributed by atoms with E-state index < -0.39 is 5.97 Å². The Kier molecular flexibility index (Phi) is 9.65. The van der Waals surface area contributed by atoms with Crippen LogP contribution in [0, 0.1) is 5.92 Å². The van der Waals surface area contributed by atoms with Crippen LogP contribution in [0.1, 0.15) is 66.7 Å². The second-order valence-corrected chi connectivity index (χ2v) is 6.44. The number of Topliss-reactive ketones (excluding diaryl/α,β-unsaturated/α-hetero) is 1. The van der Waals surface area contributed by atoms with Crippen molar-refractivity contribution in [3.8, 4) is 5.75 Å². The van der Waals surface area contributed by atoms with E-state index in [-0.39, 0.29) is 17.1 Å². The molecule has 4 N–H and O–H groups in total. The van der Waals surface area contributed by atoms with Gasteiger partial charge in [-0.1, -0.05) is 45.2 Å². The Morgan fingerprint density at radius 1 is 1.00 bits per heavy atom. The van der Waals surface area contributed by atoms with Crippen LogP contribution < -0.4 is 5.73 Å². The number of para-hydroxylation sites is 1. The average Bonchev–Trinajstić information content (AvgIpc) is 2.66. The first kappa shape index (κ1) is 22.2. The highest BCUT2D eigenvalue weighted by Crippen LogP contribution is 2.17. The van der Waals surface area contributed by atoms with E-state index in [1.807, 2.05) is 12.1 Å². The van der Waals surface area contributed by atoms with E-state index >= 15 is 0 Å². The molecule has 2 aromatic rings. The molecule has 0 amide bonds. The maximum Gasteiger partial charge on any atom is 0.339 e. The number of nitrogen functional groups attached to an aromatic ring is 1. The number of benzene rings is 2. The molecule has 0 aliphatic rings. The minimum absolute atomic E-state index is 0.0671. The van der Waals surface area contributed by atoms with Crippen molar-refractivity contribution in [2.24, 2.45) is 5.92 Å². The first-order valence-corrected chi connectivity index (χ1v) is 9.29. The molecule has 2 aromatic carbocycles. The quantitative estimate of drug-likeness (QED) is 0.440. The minimum Gasteiger partial charge on any atom is -0.507 e. The van der Waals surface area contributed by atoms with Crippen molar-refractivity contribution in [1.82, 2.24) is 0 Å². The smallest absolute Gasteiger partial charge is 0.339 e. The number of rotatable bonds is 8. The lowest BCUT2D eigenvalue weighted by molar-refractivity contribution is 0.0693. The summed E-state index contributed by atoms with van der Waals surface area (Å²) in [5, 5.41) is 17.3. The average molecular weight is 371 g/mol. The molecule has 5 heteroatoms. The number of carbonyl (C=O) groups excluding carboxylic acids is 1. The molecule has 0 saturated heterocycles. The number of aromatic hydroxyl groups is 1. The summed E-state index contributed by atoms with van der Waals surface area (Å²) in [6, 6.07) is 13.0. The molecule has 0 fully saturated rings.